The van der Waals surface area contributed by atoms with E-state index in [1.54, 1.807) is 6.07 Å². The number of aromatic nitrogens is 1. The minimum Gasteiger partial charge on any atom is -0.506 e. The third kappa shape index (κ3) is 2.19. The molecule has 0 spiro atoms. The summed E-state index contributed by atoms with van der Waals surface area (Å²) >= 11 is 0. The maximum absolute atomic E-state index is 10.7. The third-order valence-electron chi connectivity index (χ3n) is 6.27. The molecule has 2 fully saturated rings. The summed E-state index contributed by atoms with van der Waals surface area (Å²) in [6.07, 6.45) is 0. The fraction of sp³-hybridized carbons (Fsp3) is 0.435. The van der Waals surface area contributed by atoms with Gasteiger partial charge < -0.3 is 14.3 Å². The van der Waals surface area contributed by atoms with E-state index in [0.717, 1.165) is 5.56 Å². The van der Waals surface area contributed by atoms with Gasteiger partial charge in [0, 0.05) is 22.0 Å². The van der Waals surface area contributed by atoms with Gasteiger partial charge in [0.05, 0.1) is 6.61 Å². The fourth-order valence-corrected chi connectivity index (χ4v) is 5.14. The molecule has 2 unspecified atom stereocenters. The smallest absolute Gasteiger partial charge is 0.261 e. The van der Waals surface area contributed by atoms with Crippen molar-refractivity contribution < 1.29 is 24.0 Å². The molecule has 29 heavy (non-hydrogen) atoms. The van der Waals surface area contributed by atoms with Crippen molar-refractivity contribution in [1.29, 1.82) is 0 Å². The van der Waals surface area contributed by atoms with Crippen LogP contribution in [0.1, 0.15) is 40.2 Å². The van der Waals surface area contributed by atoms with Crippen molar-refractivity contribution in [3.63, 3.8) is 0 Å². The van der Waals surface area contributed by atoms with Crippen LogP contribution < -0.4 is 0 Å². The quantitative estimate of drug-likeness (QED) is 0.605. The van der Waals surface area contributed by atoms with Crippen molar-refractivity contribution in [2.24, 2.45) is 10.8 Å². The van der Waals surface area contributed by atoms with Gasteiger partial charge in [0.25, 0.3) is 5.79 Å². The molecule has 152 valence electrons. The van der Waals surface area contributed by atoms with Crippen molar-refractivity contribution >= 4 is 11.1 Å². The Morgan fingerprint density at radius 3 is 2.38 bits per heavy atom. The molecule has 0 aliphatic carbocycles. The number of rotatable bonds is 2. The van der Waals surface area contributed by atoms with E-state index < -0.39 is 11.4 Å². The van der Waals surface area contributed by atoms with Crippen LogP contribution in [0.25, 0.3) is 22.6 Å². The Hall–Kier alpha value is -2.41. The lowest BCUT2D eigenvalue weighted by Crippen LogP contribution is -2.73. The molecule has 5 rings (SSSR count). The highest BCUT2D eigenvalue weighted by molar-refractivity contribution is 5.83. The van der Waals surface area contributed by atoms with Crippen molar-refractivity contribution in [2.75, 3.05) is 6.61 Å². The molecule has 0 saturated carbocycles. The zero-order valence-electron chi connectivity index (χ0n) is 17.3. The van der Waals surface area contributed by atoms with Crippen LogP contribution in [0.4, 0.5) is 0 Å². The molecule has 6 nitrogen and oxygen atoms in total. The normalized spacial score (nSPS) is 28.3. The topological polar surface area (TPSA) is 74.0 Å². The second-order valence-electron chi connectivity index (χ2n) is 9.61. The maximum Gasteiger partial charge on any atom is 0.261 e. The molecule has 3 heterocycles. The number of phenolic OH excluding ortho intramolecular Hbond substituents is 1. The van der Waals surface area contributed by atoms with Gasteiger partial charge in [-0.3, -0.25) is 0 Å². The fourth-order valence-electron chi connectivity index (χ4n) is 5.14. The van der Waals surface area contributed by atoms with Gasteiger partial charge in [-0.2, -0.15) is 4.89 Å². The molecule has 2 aliphatic heterocycles. The van der Waals surface area contributed by atoms with Gasteiger partial charge in [0.2, 0.25) is 5.89 Å². The lowest BCUT2D eigenvalue weighted by molar-refractivity contribution is -0.626. The summed E-state index contributed by atoms with van der Waals surface area (Å²) in [5, 5.41) is 10.7. The van der Waals surface area contributed by atoms with Crippen molar-refractivity contribution in [1.82, 2.24) is 4.98 Å². The zero-order chi connectivity index (χ0) is 20.7. The van der Waals surface area contributed by atoms with Crippen molar-refractivity contribution in [3.8, 4) is 17.2 Å². The third-order valence-corrected chi connectivity index (χ3v) is 6.27. The standard InChI is InChI=1S/C23H25NO5/c1-20(2,3)23-21(4,5)13-26-22(23,28-29-23)15-11-16(25)18-17(12-15)27-19(24-18)14-9-7-6-8-10-14/h6-12,25H,13H2,1-5H3. The van der Waals surface area contributed by atoms with E-state index in [1.807, 2.05) is 36.4 Å². The van der Waals surface area contributed by atoms with Crippen LogP contribution in [0.2, 0.25) is 0 Å². The molecular weight excluding hydrogens is 370 g/mol. The summed E-state index contributed by atoms with van der Waals surface area (Å²) in [4.78, 5) is 16.0. The average Bonchev–Trinajstić information content (AvgIpc) is 3.11. The Bertz CT molecular complexity index is 1100. The first-order valence-corrected chi connectivity index (χ1v) is 9.82. The van der Waals surface area contributed by atoms with Crippen LogP contribution in [0.5, 0.6) is 5.75 Å². The number of oxazole rings is 1. The summed E-state index contributed by atoms with van der Waals surface area (Å²) in [5.41, 5.74) is 1.06. The molecule has 2 atom stereocenters. The van der Waals surface area contributed by atoms with Gasteiger partial charge >= 0.3 is 0 Å². The second kappa shape index (κ2) is 5.59. The minimum atomic E-state index is -1.12. The Labute approximate surface area is 169 Å². The van der Waals surface area contributed by atoms with Gasteiger partial charge in [-0.15, -0.1) is 0 Å². The van der Waals surface area contributed by atoms with Crippen LogP contribution in [-0.2, 0) is 20.3 Å². The summed E-state index contributed by atoms with van der Waals surface area (Å²) in [6, 6.07) is 13.1. The number of hydrogen-bond donors (Lipinski definition) is 1. The Morgan fingerprint density at radius 1 is 1.03 bits per heavy atom. The lowest BCUT2D eigenvalue weighted by Gasteiger charge is -2.61. The number of phenols is 1. The minimum absolute atomic E-state index is 0.0180. The largest absolute Gasteiger partial charge is 0.506 e. The Kier molecular flexibility index (Phi) is 3.59. The molecule has 1 aromatic heterocycles. The summed E-state index contributed by atoms with van der Waals surface area (Å²) < 4.78 is 12.2. The van der Waals surface area contributed by atoms with Crippen LogP contribution >= 0.6 is 0 Å². The monoisotopic (exact) mass is 395 g/mol. The average molecular weight is 395 g/mol. The molecule has 2 saturated heterocycles. The van der Waals surface area contributed by atoms with E-state index in [0.29, 0.717) is 29.2 Å². The summed E-state index contributed by atoms with van der Waals surface area (Å²) in [7, 11) is 0. The molecule has 0 bridgehead atoms. The highest BCUT2D eigenvalue weighted by Gasteiger charge is 2.81. The van der Waals surface area contributed by atoms with Gasteiger partial charge in [-0.25, -0.2) is 9.87 Å². The number of aromatic hydroxyl groups is 1. The van der Waals surface area contributed by atoms with Crippen LogP contribution in [0, 0.1) is 10.8 Å². The van der Waals surface area contributed by atoms with E-state index in [1.165, 1.54) is 0 Å². The van der Waals surface area contributed by atoms with Crippen LogP contribution in [0.3, 0.4) is 0 Å². The highest BCUT2D eigenvalue weighted by atomic mass is 17.3. The van der Waals surface area contributed by atoms with E-state index in [-0.39, 0.29) is 16.6 Å². The lowest BCUT2D eigenvalue weighted by atomic mass is 9.57. The SMILES string of the molecule is CC(C)(C)C12OOC1(c1cc(O)c3nc(-c4ccccc4)oc3c1)OCC2(C)C. The van der Waals surface area contributed by atoms with Gasteiger partial charge in [-0.1, -0.05) is 52.8 Å². The first-order chi connectivity index (χ1) is 13.6. The van der Waals surface area contributed by atoms with Gasteiger partial charge in [0.15, 0.2) is 16.7 Å². The number of ether oxygens (including phenoxy) is 1. The van der Waals surface area contributed by atoms with Crippen molar-refractivity contribution in [2.45, 2.75) is 46.0 Å². The first kappa shape index (κ1) is 18.6. The molecule has 6 heteroatoms. The number of hydrogen-bond acceptors (Lipinski definition) is 6. The molecule has 2 aromatic carbocycles. The summed E-state index contributed by atoms with van der Waals surface area (Å²) in [6.45, 7) is 11.0. The van der Waals surface area contributed by atoms with Gasteiger partial charge in [0.1, 0.15) is 5.75 Å². The highest BCUT2D eigenvalue weighted by Crippen LogP contribution is 2.69. The number of nitrogens with zero attached hydrogens (tertiary/aromatic N) is 1. The van der Waals surface area contributed by atoms with Crippen LogP contribution in [-0.4, -0.2) is 22.3 Å². The number of fused-ring (bicyclic) bond motifs is 2. The van der Waals surface area contributed by atoms with E-state index in [2.05, 4.69) is 39.6 Å². The predicted molar refractivity (Wildman–Crippen MR) is 107 cm³/mol. The van der Waals surface area contributed by atoms with E-state index in [4.69, 9.17) is 18.9 Å². The Morgan fingerprint density at radius 2 is 1.76 bits per heavy atom. The molecule has 0 radical (unpaired) electrons. The second-order valence-corrected chi connectivity index (χ2v) is 9.61. The van der Waals surface area contributed by atoms with Crippen LogP contribution in [0.15, 0.2) is 46.9 Å². The van der Waals surface area contributed by atoms with Crippen molar-refractivity contribution in [3.05, 3.63) is 48.0 Å². The zero-order valence-corrected chi connectivity index (χ0v) is 17.3. The maximum atomic E-state index is 10.7. The molecule has 1 N–H and O–H groups in total. The van der Waals surface area contributed by atoms with E-state index in [9.17, 15) is 5.11 Å². The molecule has 0 amide bonds. The summed E-state index contributed by atoms with van der Waals surface area (Å²) in [5.74, 6) is -0.657. The number of benzene rings is 2. The Balaban J connectivity index is 1.68. The molecular formula is C23H25NO5. The van der Waals surface area contributed by atoms with E-state index >= 15 is 0 Å². The molecule has 3 aromatic rings. The first-order valence-electron chi connectivity index (χ1n) is 9.82. The molecule has 2 aliphatic rings. The van der Waals surface area contributed by atoms with Gasteiger partial charge in [-0.05, 0) is 24.3 Å². The predicted octanol–water partition coefficient (Wildman–Crippen LogP) is 5.16.